The van der Waals surface area contributed by atoms with Gasteiger partial charge in [0.15, 0.2) is 0 Å². The van der Waals surface area contributed by atoms with Crippen LogP contribution in [0.2, 0.25) is 0 Å². The largest absolute Gasteiger partial charge is 0.354 e. The van der Waals surface area contributed by atoms with Gasteiger partial charge in [-0.25, -0.2) is 12.8 Å². The average Bonchev–Trinajstić information content (AvgIpc) is 2.92. The van der Waals surface area contributed by atoms with Crippen molar-refractivity contribution in [2.75, 3.05) is 23.7 Å². The number of carbonyl (C=O) groups excluding carboxylic acids is 2. The molecule has 0 fully saturated rings. The number of hydrogen-bond acceptors (Lipinski definition) is 4. The molecule has 0 aliphatic heterocycles. The molecule has 1 unspecified atom stereocenters. The van der Waals surface area contributed by atoms with Crippen LogP contribution in [0.1, 0.15) is 37.3 Å². The van der Waals surface area contributed by atoms with E-state index >= 15 is 0 Å². The van der Waals surface area contributed by atoms with Gasteiger partial charge in [0.05, 0.1) is 11.9 Å². The lowest BCUT2D eigenvalue weighted by atomic mass is 10.0. The first kappa shape index (κ1) is 31.3. The molecule has 3 aromatic rings. The molecule has 0 radical (unpaired) electrons. The van der Waals surface area contributed by atoms with Gasteiger partial charge < -0.3 is 10.2 Å². The Bertz CT molecular complexity index is 1370. The lowest BCUT2D eigenvalue weighted by molar-refractivity contribution is -0.141. The van der Waals surface area contributed by atoms with Gasteiger partial charge in [-0.05, 0) is 60.4 Å². The Kier molecular flexibility index (Phi) is 11.7. The third kappa shape index (κ3) is 9.45. The van der Waals surface area contributed by atoms with Gasteiger partial charge in [-0.3, -0.25) is 13.9 Å². The Balaban J connectivity index is 1.86. The molecule has 0 aliphatic carbocycles. The van der Waals surface area contributed by atoms with E-state index in [1.54, 1.807) is 4.90 Å². The number of sulfonamides is 1. The van der Waals surface area contributed by atoms with E-state index in [1.165, 1.54) is 24.3 Å². The molecule has 3 aromatic carbocycles. The van der Waals surface area contributed by atoms with Crippen molar-refractivity contribution in [2.24, 2.45) is 0 Å². The van der Waals surface area contributed by atoms with Crippen molar-refractivity contribution in [2.45, 2.75) is 45.2 Å². The third-order valence-corrected chi connectivity index (χ3v) is 8.02. The van der Waals surface area contributed by atoms with E-state index in [-0.39, 0.29) is 37.7 Å². The van der Waals surface area contributed by atoms with Crippen LogP contribution in [0, 0.1) is 5.82 Å². The molecule has 2 amide bonds. The van der Waals surface area contributed by atoms with Crippen molar-refractivity contribution < 1.29 is 22.4 Å². The highest BCUT2D eigenvalue weighted by atomic mass is 79.9. The molecule has 0 aliphatic rings. The fourth-order valence-corrected chi connectivity index (χ4v) is 5.78. The van der Waals surface area contributed by atoms with Gasteiger partial charge in [0.2, 0.25) is 21.8 Å². The Morgan fingerprint density at radius 3 is 2.27 bits per heavy atom. The van der Waals surface area contributed by atoms with Crippen molar-refractivity contribution in [1.29, 1.82) is 0 Å². The summed E-state index contributed by atoms with van der Waals surface area (Å²) in [6.07, 6.45) is 2.40. The van der Waals surface area contributed by atoms with E-state index in [2.05, 4.69) is 21.2 Å². The summed E-state index contributed by atoms with van der Waals surface area (Å²) in [6, 6.07) is 21.5. The minimum atomic E-state index is -3.67. The fraction of sp³-hybridized carbons (Fsp3) is 0.333. The summed E-state index contributed by atoms with van der Waals surface area (Å²) in [7, 11) is -3.67. The van der Waals surface area contributed by atoms with E-state index < -0.39 is 21.9 Å². The molecule has 10 heteroatoms. The SMILES string of the molecule is CCCNC(=O)C(Cc1ccccc1)N(Cc1cccc(Br)c1)C(=O)CCCN(c1ccc(F)cc1)S(C)(=O)=O. The predicted octanol–water partition coefficient (Wildman–Crippen LogP) is 5.30. The number of carbonyl (C=O) groups is 2. The maximum Gasteiger partial charge on any atom is 0.243 e. The first-order chi connectivity index (χ1) is 19.1. The minimum Gasteiger partial charge on any atom is -0.354 e. The molecule has 1 atom stereocenters. The number of hydrogen-bond donors (Lipinski definition) is 1. The van der Waals surface area contributed by atoms with E-state index in [0.29, 0.717) is 18.7 Å². The topological polar surface area (TPSA) is 86.8 Å². The van der Waals surface area contributed by atoms with Crippen LogP contribution in [0.25, 0.3) is 0 Å². The fourth-order valence-electron chi connectivity index (χ4n) is 4.36. The molecule has 0 saturated carbocycles. The number of nitrogens with one attached hydrogen (secondary N) is 1. The average molecular weight is 633 g/mol. The highest BCUT2D eigenvalue weighted by Crippen LogP contribution is 2.21. The summed E-state index contributed by atoms with van der Waals surface area (Å²) in [5.74, 6) is -0.973. The molecule has 0 bridgehead atoms. The zero-order valence-corrected chi connectivity index (χ0v) is 25.1. The van der Waals surface area contributed by atoms with Crippen LogP contribution in [-0.2, 0) is 32.6 Å². The second kappa shape index (κ2) is 14.9. The number of nitrogens with zero attached hydrogens (tertiary/aromatic N) is 2. The van der Waals surface area contributed by atoms with Gasteiger partial charge in [-0.2, -0.15) is 0 Å². The maximum atomic E-state index is 13.8. The van der Waals surface area contributed by atoms with Gasteiger partial charge in [-0.1, -0.05) is 65.3 Å². The Labute approximate surface area is 244 Å². The highest BCUT2D eigenvalue weighted by molar-refractivity contribution is 9.10. The molecule has 40 heavy (non-hydrogen) atoms. The first-order valence-corrected chi connectivity index (χ1v) is 15.8. The van der Waals surface area contributed by atoms with Crippen molar-refractivity contribution in [3.05, 3.63) is 100 Å². The highest BCUT2D eigenvalue weighted by Gasteiger charge is 2.30. The number of halogens is 2. The molecule has 3 rings (SSSR count). The quantitative estimate of drug-likeness (QED) is 0.262. The predicted molar refractivity (Wildman–Crippen MR) is 160 cm³/mol. The van der Waals surface area contributed by atoms with Gasteiger partial charge in [-0.15, -0.1) is 0 Å². The molecule has 0 saturated heterocycles. The number of anilines is 1. The monoisotopic (exact) mass is 631 g/mol. The Morgan fingerprint density at radius 1 is 0.975 bits per heavy atom. The van der Waals surface area contributed by atoms with Crippen LogP contribution >= 0.6 is 15.9 Å². The summed E-state index contributed by atoms with van der Waals surface area (Å²) in [6.45, 7) is 2.70. The van der Waals surface area contributed by atoms with E-state index in [0.717, 1.165) is 32.6 Å². The number of rotatable bonds is 14. The zero-order valence-electron chi connectivity index (χ0n) is 22.7. The molecule has 1 N–H and O–H groups in total. The van der Waals surface area contributed by atoms with Gasteiger partial charge in [0.25, 0.3) is 0 Å². The molecule has 0 aromatic heterocycles. The molecule has 7 nitrogen and oxygen atoms in total. The van der Waals surface area contributed by atoms with Crippen molar-refractivity contribution in [1.82, 2.24) is 10.2 Å². The van der Waals surface area contributed by atoms with Crippen LogP contribution < -0.4 is 9.62 Å². The summed E-state index contributed by atoms with van der Waals surface area (Å²) < 4.78 is 40.4. The van der Waals surface area contributed by atoms with Gasteiger partial charge in [0, 0.05) is 36.9 Å². The normalized spacial score (nSPS) is 12.0. The van der Waals surface area contributed by atoms with E-state index in [4.69, 9.17) is 0 Å². The van der Waals surface area contributed by atoms with Gasteiger partial charge in [0.1, 0.15) is 11.9 Å². The van der Waals surface area contributed by atoms with Crippen LogP contribution in [0.5, 0.6) is 0 Å². The standard InChI is InChI=1S/C30H35BrFN3O4S/c1-3-18-33-30(37)28(21-23-9-5-4-6-10-23)34(22-24-11-7-12-25(31)20-24)29(36)13-8-19-35(40(2,38)39)27-16-14-26(32)15-17-27/h4-7,9-12,14-17,20,28H,3,8,13,18-19,21-22H2,1-2H3,(H,33,37). The van der Waals surface area contributed by atoms with Gasteiger partial charge >= 0.3 is 0 Å². The second-order valence-electron chi connectivity index (χ2n) is 9.56. The van der Waals surface area contributed by atoms with Crippen molar-refractivity contribution in [3.63, 3.8) is 0 Å². The smallest absolute Gasteiger partial charge is 0.243 e. The number of benzene rings is 3. The summed E-state index contributed by atoms with van der Waals surface area (Å²) in [4.78, 5) is 28.8. The zero-order chi connectivity index (χ0) is 29.1. The van der Waals surface area contributed by atoms with Crippen LogP contribution in [0.4, 0.5) is 10.1 Å². The lowest BCUT2D eigenvalue weighted by Crippen LogP contribution is -2.50. The molecular weight excluding hydrogens is 597 g/mol. The third-order valence-electron chi connectivity index (χ3n) is 6.33. The Hall–Kier alpha value is -3.24. The van der Waals surface area contributed by atoms with Crippen LogP contribution in [0.15, 0.2) is 83.3 Å². The van der Waals surface area contributed by atoms with Crippen molar-refractivity contribution >= 4 is 43.5 Å². The molecule has 0 heterocycles. The van der Waals surface area contributed by atoms with Crippen LogP contribution in [0.3, 0.4) is 0 Å². The summed E-state index contributed by atoms with van der Waals surface area (Å²) >= 11 is 3.48. The summed E-state index contributed by atoms with van der Waals surface area (Å²) in [5.41, 5.74) is 2.10. The first-order valence-electron chi connectivity index (χ1n) is 13.2. The molecule has 0 spiro atoms. The van der Waals surface area contributed by atoms with E-state index in [9.17, 15) is 22.4 Å². The second-order valence-corrected chi connectivity index (χ2v) is 12.4. The maximum absolute atomic E-state index is 13.8. The van der Waals surface area contributed by atoms with Crippen molar-refractivity contribution in [3.8, 4) is 0 Å². The van der Waals surface area contributed by atoms with E-state index in [1.807, 2.05) is 61.5 Å². The number of amides is 2. The summed E-state index contributed by atoms with van der Waals surface area (Å²) in [5, 5.41) is 2.95. The van der Waals surface area contributed by atoms with Crippen LogP contribution in [-0.4, -0.2) is 50.5 Å². The lowest BCUT2D eigenvalue weighted by Gasteiger charge is -2.32. The molecule has 214 valence electrons. The minimum absolute atomic E-state index is 0.0214. The molecular formula is C30H35BrFN3O4S. The Morgan fingerprint density at radius 2 is 1.65 bits per heavy atom.